The van der Waals surface area contributed by atoms with E-state index in [2.05, 4.69) is 217 Å². The summed E-state index contributed by atoms with van der Waals surface area (Å²) >= 11 is 1.88. The van der Waals surface area contributed by atoms with Crippen molar-refractivity contribution in [3.8, 4) is 33.4 Å². The van der Waals surface area contributed by atoms with Crippen molar-refractivity contribution in [2.75, 3.05) is 4.90 Å². The van der Waals surface area contributed by atoms with E-state index >= 15 is 0 Å². The zero-order chi connectivity index (χ0) is 37.0. The van der Waals surface area contributed by atoms with Crippen LogP contribution < -0.4 is 4.90 Å². The topological polar surface area (TPSA) is 3.24 Å². The Hall–Kier alpha value is -7.00. The summed E-state index contributed by atoms with van der Waals surface area (Å²) in [5, 5.41) is 10.3. The maximum absolute atomic E-state index is 2.39. The van der Waals surface area contributed by atoms with Crippen molar-refractivity contribution >= 4 is 80.9 Å². The second-order valence-corrected chi connectivity index (χ2v) is 15.5. The quantitative estimate of drug-likeness (QED) is 0.154. The second-order valence-electron chi connectivity index (χ2n) is 14.5. The Labute approximate surface area is 330 Å². The van der Waals surface area contributed by atoms with E-state index in [0.717, 1.165) is 17.1 Å². The van der Waals surface area contributed by atoms with Gasteiger partial charge in [-0.1, -0.05) is 164 Å². The Kier molecular flexibility index (Phi) is 7.75. The second kappa shape index (κ2) is 13.4. The van der Waals surface area contributed by atoms with Crippen molar-refractivity contribution in [1.82, 2.24) is 0 Å². The lowest BCUT2D eigenvalue weighted by Gasteiger charge is -2.26. The van der Waals surface area contributed by atoms with Crippen molar-refractivity contribution < 1.29 is 0 Å². The van der Waals surface area contributed by atoms with E-state index in [1.54, 1.807) is 0 Å². The first-order valence-corrected chi connectivity index (χ1v) is 20.0. The molecule has 1 aromatic heterocycles. The lowest BCUT2D eigenvalue weighted by atomic mass is 9.91. The molecule has 0 aliphatic carbocycles. The van der Waals surface area contributed by atoms with Gasteiger partial charge in [-0.2, -0.15) is 0 Å². The number of nitrogens with zero attached hydrogens (tertiary/aromatic N) is 1. The first-order valence-electron chi connectivity index (χ1n) is 19.2. The lowest BCUT2D eigenvalue weighted by molar-refractivity contribution is 1.28. The molecule has 0 saturated heterocycles. The molecule has 56 heavy (non-hydrogen) atoms. The SMILES string of the molecule is c1ccc(-c2cccc(N(c3ccc(-c4cc5c6ccccc6ccc5c5ccccc45)cc3)c3ccc(-c4cccc5c4sc4ccccc45)cc3)c2)cc1. The van der Waals surface area contributed by atoms with Crippen molar-refractivity contribution in [1.29, 1.82) is 0 Å². The minimum atomic E-state index is 1.11. The van der Waals surface area contributed by atoms with Crippen LogP contribution in [0.25, 0.3) is 85.9 Å². The molecule has 262 valence electrons. The molecule has 0 radical (unpaired) electrons. The first-order chi connectivity index (χ1) is 27.8. The van der Waals surface area contributed by atoms with Crippen LogP contribution in [0.5, 0.6) is 0 Å². The molecule has 1 nitrogen and oxygen atoms in total. The standard InChI is InChI=1S/C54H35NS/c1-2-12-36(13-3-1)40-15-10-16-43(34-40)55(41-29-24-38(25-30-41)45-21-11-22-50-49-20-8-9-23-53(49)56-54(45)50)42-31-26-39(27-32-42)51-35-52-44-17-5-4-14-37(44)28-33-48(52)46-18-6-7-19-47(46)51/h1-35H. The van der Waals surface area contributed by atoms with Gasteiger partial charge >= 0.3 is 0 Å². The minimum absolute atomic E-state index is 1.11. The molecule has 0 amide bonds. The summed E-state index contributed by atoms with van der Waals surface area (Å²) < 4.78 is 2.66. The van der Waals surface area contributed by atoms with Crippen LogP contribution in [0.3, 0.4) is 0 Å². The van der Waals surface area contributed by atoms with Crippen LogP contribution in [-0.2, 0) is 0 Å². The highest BCUT2D eigenvalue weighted by molar-refractivity contribution is 7.26. The van der Waals surface area contributed by atoms with Gasteiger partial charge in [-0.15, -0.1) is 11.3 Å². The highest BCUT2D eigenvalue weighted by atomic mass is 32.1. The maximum atomic E-state index is 2.39. The zero-order valence-electron chi connectivity index (χ0n) is 30.6. The van der Waals surface area contributed by atoms with Gasteiger partial charge in [0, 0.05) is 37.2 Å². The van der Waals surface area contributed by atoms with Gasteiger partial charge in [0.1, 0.15) is 0 Å². The summed E-state index contributed by atoms with van der Waals surface area (Å²) in [5.41, 5.74) is 10.6. The van der Waals surface area contributed by atoms with E-state index < -0.39 is 0 Å². The van der Waals surface area contributed by atoms with E-state index in [-0.39, 0.29) is 0 Å². The van der Waals surface area contributed by atoms with Crippen molar-refractivity contribution in [2.24, 2.45) is 0 Å². The third-order valence-corrected chi connectivity index (χ3v) is 12.5. The number of fused-ring (bicyclic) bond motifs is 8. The molecule has 10 aromatic carbocycles. The van der Waals surface area contributed by atoms with E-state index in [1.807, 2.05) is 11.3 Å². The average Bonchev–Trinajstić information content (AvgIpc) is 3.66. The number of rotatable bonds is 6. The highest BCUT2D eigenvalue weighted by Gasteiger charge is 2.17. The molecule has 2 heteroatoms. The van der Waals surface area contributed by atoms with Gasteiger partial charge in [0.15, 0.2) is 0 Å². The molecule has 0 bridgehead atoms. The van der Waals surface area contributed by atoms with Crippen LogP contribution in [0.2, 0.25) is 0 Å². The van der Waals surface area contributed by atoms with Crippen LogP contribution >= 0.6 is 11.3 Å². The molecule has 0 unspecified atom stereocenters. The average molecular weight is 730 g/mol. The number of benzene rings is 10. The molecule has 0 N–H and O–H groups in total. The van der Waals surface area contributed by atoms with Crippen LogP contribution in [0.1, 0.15) is 0 Å². The summed E-state index contributed by atoms with van der Waals surface area (Å²) in [5.74, 6) is 0. The van der Waals surface area contributed by atoms with Gasteiger partial charge in [-0.3, -0.25) is 0 Å². The van der Waals surface area contributed by atoms with Crippen LogP contribution in [0.15, 0.2) is 212 Å². The molecular formula is C54H35NS. The maximum Gasteiger partial charge on any atom is 0.0467 e. The van der Waals surface area contributed by atoms with E-state index in [0.29, 0.717) is 0 Å². The molecule has 0 saturated carbocycles. The first kappa shape index (κ1) is 32.4. The molecular weight excluding hydrogens is 695 g/mol. The fraction of sp³-hybridized carbons (Fsp3) is 0. The molecule has 0 atom stereocenters. The molecule has 0 aliphatic rings. The van der Waals surface area contributed by atoms with Gasteiger partial charge in [0.05, 0.1) is 0 Å². The van der Waals surface area contributed by atoms with Gasteiger partial charge < -0.3 is 4.90 Å². The van der Waals surface area contributed by atoms with Gasteiger partial charge in [-0.25, -0.2) is 0 Å². The van der Waals surface area contributed by atoms with Crippen molar-refractivity contribution in [3.05, 3.63) is 212 Å². The molecule has 1 heterocycles. The minimum Gasteiger partial charge on any atom is -0.310 e. The Morgan fingerprint density at radius 3 is 1.66 bits per heavy atom. The smallest absolute Gasteiger partial charge is 0.0467 e. The predicted molar refractivity (Wildman–Crippen MR) is 243 cm³/mol. The van der Waals surface area contributed by atoms with Gasteiger partial charge in [0.25, 0.3) is 0 Å². The third-order valence-electron chi connectivity index (χ3n) is 11.3. The molecule has 0 aliphatic heterocycles. The van der Waals surface area contributed by atoms with Crippen molar-refractivity contribution in [2.45, 2.75) is 0 Å². The number of hydrogen-bond acceptors (Lipinski definition) is 2. The van der Waals surface area contributed by atoms with E-state index in [9.17, 15) is 0 Å². The Balaban J connectivity index is 1.04. The Morgan fingerprint density at radius 1 is 0.286 bits per heavy atom. The van der Waals surface area contributed by atoms with E-state index in [4.69, 9.17) is 0 Å². The Morgan fingerprint density at radius 2 is 0.875 bits per heavy atom. The highest BCUT2D eigenvalue weighted by Crippen LogP contribution is 2.43. The largest absolute Gasteiger partial charge is 0.310 e. The molecule has 11 aromatic rings. The van der Waals surface area contributed by atoms with Gasteiger partial charge in [-0.05, 0) is 114 Å². The number of hydrogen-bond donors (Lipinski definition) is 0. The van der Waals surface area contributed by atoms with Crippen molar-refractivity contribution in [3.63, 3.8) is 0 Å². The predicted octanol–water partition coefficient (Wildman–Crippen LogP) is 16.0. The fourth-order valence-corrected chi connectivity index (χ4v) is 9.80. The third kappa shape index (κ3) is 5.46. The normalized spacial score (nSPS) is 11.6. The molecule has 0 fully saturated rings. The fourth-order valence-electron chi connectivity index (χ4n) is 8.56. The van der Waals surface area contributed by atoms with E-state index in [1.165, 1.54) is 85.9 Å². The molecule has 0 spiro atoms. The number of thiophene rings is 1. The zero-order valence-corrected chi connectivity index (χ0v) is 31.4. The summed E-state index contributed by atoms with van der Waals surface area (Å²) in [7, 11) is 0. The summed E-state index contributed by atoms with van der Waals surface area (Å²) in [6, 6.07) is 77.6. The molecule has 11 rings (SSSR count). The van der Waals surface area contributed by atoms with Crippen LogP contribution in [0, 0.1) is 0 Å². The van der Waals surface area contributed by atoms with Gasteiger partial charge in [0.2, 0.25) is 0 Å². The summed E-state index contributed by atoms with van der Waals surface area (Å²) in [6.07, 6.45) is 0. The summed E-state index contributed by atoms with van der Waals surface area (Å²) in [4.78, 5) is 2.38. The number of anilines is 3. The summed E-state index contributed by atoms with van der Waals surface area (Å²) in [6.45, 7) is 0. The van der Waals surface area contributed by atoms with Crippen LogP contribution in [-0.4, -0.2) is 0 Å². The Bertz CT molecular complexity index is 3230. The monoisotopic (exact) mass is 729 g/mol. The van der Waals surface area contributed by atoms with Crippen LogP contribution in [0.4, 0.5) is 17.1 Å². The lowest BCUT2D eigenvalue weighted by Crippen LogP contribution is -2.10.